The van der Waals surface area contributed by atoms with Crippen molar-refractivity contribution in [3.05, 3.63) is 46.3 Å². The second-order valence-electron chi connectivity index (χ2n) is 7.17. The third-order valence-electron chi connectivity index (χ3n) is 5.05. The van der Waals surface area contributed by atoms with Gasteiger partial charge in [0.2, 0.25) is 0 Å². The molecule has 0 spiro atoms. The molecule has 1 N–H and O–H groups in total. The van der Waals surface area contributed by atoms with Crippen molar-refractivity contribution >= 4 is 5.91 Å². The van der Waals surface area contributed by atoms with Crippen molar-refractivity contribution in [2.75, 3.05) is 20.8 Å². The summed E-state index contributed by atoms with van der Waals surface area (Å²) in [6.07, 6.45) is 0.584. The van der Waals surface area contributed by atoms with Crippen molar-refractivity contribution in [3.8, 4) is 5.75 Å². The summed E-state index contributed by atoms with van der Waals surface area (Å²) in [7, 11) is 3.29. The van der Waals surface area contributed by atoms with E-state index in [0.717, 1.165) is 28.1 Å². The zero-order chi connectivity index (χ0) is 20.3. The van der Waals surface area contributed by atoms with Crippen LogP contribution in [0.5, 0.6) is 5.75 Å². The van der Waals surface area contributed by atoms with E-state index in [2.05, 4.69) is 10.4 Å². The molecule has 152 valence electrons. The van der Waals surface area contributed by atoms with Gasteiger partial charge in [-0.25, -0.2) is 0 Å². The summed E-state index contributed by atoms with van der Waals surface area (Å²) in [5.41, 5.74) is 4.39. The largest absolute Gasteiger partial charge is 0.496 e. The molecule has 2 heterocycles. The van der Waals surface area contributed by atoms with Crippen molar-refractivity contribution in [2.45, 2.75) is 52.5 Å². The molecule has 1 aliphatic rings. The Morgan fingerprint density at radius 3 is 2.86 bits per heavy atom. The Morgan fingerprint density at radius 1 is 1.36 bits per heavy atom. The molecule has 1 amide bonds. The minimum atomic E-state index is -0.144. The van der Waals surface area contributed by atoms with Gasteiger partial charge in [-0.3, -0.25) is 9.48 Å². The Labute approximate surface area is 166 Å². The lowest BCUT2D eigenvalue weighted by Crippen LogP contribution is -2.29. The molecule has 28 heavy (non-hydrogen) atoms. The van der Waals surface area contributed by atoms with E-state index >= 15 is 0 Å². The highest BCUT2D eigenvalue weighted by atomic mass is 16.5. The van der Waals surface area contributed by atoms with Gasteiger partial charge in [-0.05, 0) is 26.3 Å². The van der Waals surface area contributed by atoms with E-state index in [1.165, 1.54) is 0 Å². The number of carbonyl (C=O) groups is 1. The number of hydrogen-bond acceptors (Lipinski definition) is 5. The van der Waals surface area contributed by atoms with E-state index in [1.807, 2.05) is 39.0 Å². The van der Waals surface area contributed by atoms with Gasteiger partial charge in [0, 0.05) is 31.2 Å². The molecule has 1 aromatic carbocycles. The molecule has 3 rings (SSSR count). The number of para-hydroxylation sites is 1. The van der Waals surface area contributed by atoms with Crippen molar-refractivity contribution in [3.63, 3.8) is 0 Å². The normalized spacial score (nSPS) is 18.6. The third-order valence-corrected chi connectivity index (χ3v) is 5.05. The molecule has 0 saturated heterocycles. The van der Waals surface area contributed by atoms with E-state index in [0.29, 0.717) is 31.8 Å². The average molecular weight is 387 g/mol. The molecule has 0 bridgehead atoms. The number of benzene rings is 1. The van der Waals surface area contributed by atoms with Gasteiger partial charge < -0.3 is 19.5 Å². The number of ether oxygens (including phenoxy) is 3. The topological polar surface area (TPSA) is 74.6 Å². The Morgan fingerprint density at radius 2 is 2.14 bits per heavy atom. The van der Waals surface area contributed by atoms with E-state index in [4.69, 9.17) is 14.2 Å². The number of nitrogens with one attached hydrogen (secondary N) is 1. The summed E-state index contributed by atoms with van der Waals surface area (Å²) < 4.78 is 18.3. The van der Waals surface area contributed by atoms with Crippen molar-refractivity contribution in [1.29, 1.82) is 0 Å². The number of amides is 1. The van der Waals surface area contributed by atoms with E-state index < -0.39 is 0 Å². The molecule has 0 saturated carbocycles. The minimum absolute atomic E-state index is 0.0472. The predicted octanol–water partition coefficient (Wildman–Crippen LogP) is 2.80. The second-order valence-corrected chi connectivity index (χ2v) is 7.17. The summed E-state index contributed by atoms with van der Waals surface area (Å²) in [6.45, 7) is 7.36. The monoisotopic (exact) mass is 387 g/mol. The second kappa shape index (κ2) is 8.75. The molecule has 1 aliphatic heterocycles. The highest BCUT2D eigenvalue weighted by Crippen LogP contribution is 2.31. The maximum Gasteiger partial charge on any atom is 0.270 e. The van der Waals surface area contributed by atoms with Crippen LogP contribution in [-0.4, -0.2) is 42.6 Å². The molecule has 2 atom stereocenters. The first kappa shape index (κ1) is 20.4. The fourth-order valence-electron chi connectivity index (χ4n) is 3.79. The molecule has 0 radical (unpaired) electrons. The van der Waals surface area contributed by atoms with Crippen LogP contribution in [0.25, 0.3) is 0 Å². The fraction of sp³-hybridized carbons (Fsp3) is 0.524. The van der Waals surface area contributed by atoms with Crippen LogP contribution in [0.15, 0.2) is 18.2 Å². The molecule has 2 aromatic rings. The van der Waals surface area contributed by atoms with Crippen LogP contribution in [0.4, 0.5) is 0 Å². The van der Waals surface area contributed by atoms with Crippen LogP contribution in [0.1, 0.15) is 52.8 Å². The number of nitrogens with zero attached hydrogens (tertiary/aromatic N) is 2. The summed E-state index contributed by atoms with van der Waals surface area (Å²) in [5, 5.41) is 7.69. The van der Waals surface area contributed by atoms with Crippen LogP contribution in [0.2, 0.25) is 0 Å². The SMILES string of the molecule is COCCn1nc2c(c1C(=O)NCc1cccc(C)c1OC)C[C@H](C)O[C@@H]2C. The van der Waals surface area contributed by atoms with Gasteiger partial charge in [-0.15, -0.1) is 0 Å². The van der Waals surface area contributed by atoms with Crippen LogP contribution < -0.4 is 10.1 Å². The molecule has 7 nitrogen and oxygen atoms in total. The molecule has 7 heteroatoms. The number of aromatic nitrogens is 2. The van der Waals surface area contributed by atoms with Gasteiger partial charge in [0.05, 0.1) is 38.2 Å². The van der Waals surface area contributed by atoms with Crippen molar-refractivity contribution in [1.82, 2.24) is 15.1 Å². The van der Waals surface area contributed by atoms with Crippen molar-refractivity contribution < 1.29 is 19.0 Å². The summed E-state index contributed by atoms with van der Waals surface area (Å²) in [5.74, 6) is 0.656. The van der Waals surface area contributed by atoms with Crippen LogP contribution in [0.3, 0.4) is 0 Å². The molecular formula is C21H29N3O4. The van der Waals surface area contributed by atoms with Crippen LogP contribution in [-0.2, 0) is 29.0 Å². The lowest BCUT2D eigenvalue weighted by molar-refractivity contribution is -0.00716. The Balaban J connectivity index is 1.87. The number of methoxy groups -OCH3 is 2. The first-order valence-electron chi connectivity index (χ1n) is 9.60. The zero-order valence-corrected chi connectivity index (χ0v) is 17.2. The Bertz CT molecular complexity index is 846. The average Bonchev–Trinajstić information content (AvgIpc) is 3.03. The van der Waals surface area contributed by atoms with Crippen LogP contribution >= 0.6 is 0 Å². The van der Waals surface area contributed by atoms with E-state index in [1.54, 1.807) is 18.9 Å². The Kier molecular flexibility index (Phi) is 6.36. The maximum atomic E-state index is 13.1. The predicted molar refractivity (Wildman–Crippen MR) is 106 cm³/mol. The minimum Gasteiger partial charge on any atom is -0.496 e. The third kappa shape index (κ3) is 4.05. The van der Waals surface area contributed by atoms with Gasteiger partial charge in [-0.2, -0.15) is 5.10 Å². The van der Waals surface area contributed by atoms with Gasteiger partial charge in [0.15, 0.2) is 0 Å². The fourth-order valence-corrected chi connectivity index (χ4v) is 3.79. The Hall–Kier alpha value is -2.38. The number of fused-ring (bicyclic) bond motifs is 1. The highest BCUT2D eigenvalue weighted by Gasteiger charge is 2.32. The molecule has 0 aliphatic carbocycles. The van der Waals surface area contributed by atoms with Gasteiger partial charge >= 0.3 is 0 Å². The smallest absolute Gasteiger partial charge is 0.270 e. The van der Waals surface area contributed by atoms with Crippen molar-refractivity contribution in [2.24, 2.45) is 0 Å². The van der Waals surface area contributed by atoms with Gasteiger partial charge in [-0.1, -0.05) is 18.2 Å². The van der Waals surface area contributed by atoms with E-state index in [9.17, 15) is 4.79 Å². The number of hydrogen-bond donors (Lipinski definition) is 1. The lowest BCUT2D eigenvalue weighted by atomic mass is 9.99. The number of rotatable bonds is 7. The number of carbonyl (C=O) groups excluding carboxylic acids is 1. The van der Waals surface area contributed by atoms with Crippen LogP contribution in [0, 0.1) is 6.92 Å². The quantitative estimate of drug-likeness (QED) is 0.791. The molecule has 0 unspecified atom stereocenters. The zero-order valence-electron chi connectivity index (χ0n) is 17.2. The van der Waals surface area contributed by atoms with Gasteiger partial charge in [0.1, 0.15) is 11.4 Å². The summed E-state index contributed by atoms with van der Waals surface area (Å²) >= 11 is 0. The molecular weight excluding hydrogens is 358 g/mol. The summed E-state index contributed by atoms with van der Waals surface area (Å²) in [6, 6.07) is 5.91. The van der Waals surface area contributed by atoms with E-state index in [-0.39, 0.29) is 18.1 Å². The maximum absolute atomic E-state index is 13.1. The number of aryl methyl sites for hydroxylation is 1. The van der Waals surface area contributed by atoms with Gasteiger partial charge in [0.25, 0.3) is 5.91 Å². The summed E-state index contributed by atoms with van der Waals surface area (Å²) in [4.78, 5) is 13.1. The highest BCUT2D eigenvalue weighted by molar-refractivity contribution is 5.94. The lowest BCUT2D eigenvalue weighted by Gasteiger charge is -2.24. The molecule has 1 aromatic heterocycles. The molecule has 0 fully saturated rings. The first-order valence-corrected chi connectivity index (χ1v) is 9.60. The standard InChI is InChI=1S/C21H29N3O4/c1-13-7-6-8-16(20(13)27-5)12-22-21(25)19-17-11-14(2)28-15(3)18(17)23-24(19)9-10-26-4/h6-8,14-15H,9-12H2,1-5H3,(H,22,25)/t14-,15+/m0/s1. The first-order chi connectivity index (χ1) is 13.5.